The smallest absolute Gasteiger partial charge is 0.491 e. The molecule has 0 spiro atoms. The van der Waals surface area contributed by atoms with Crippen molar-refractivity contribution in [1.29, 1.82) is 0 Å². The van der Waals surface area contributed by atoms with Gasteiger partial charge in [-0.05, 0) is 84.1 Å². The van der Waals surface area contributed by atoms with Gasteiger partial charge in [0, 0.05) is 0 Å². The number of rotatable bonds is 3. The third kappa shape index (κ3) is 3.11. The van der Waals surface area contributed by atoms with Crippen molar-refractivity contribution < 1.29 is 14.0 Å². The molecule has 0 bridgehead atoms. The van der Waals surface area contributed by atoms with Gasteiger partial charge in [0.15, 0.2) is 0 Å². The van der Waals surface area contributed by atoms with E-state index in [-0.39, 0.29) is 24.4 Å². The fourth-order valence-electron chi connectivity index (χ4n) is 2.61. The van der Waals surface area contributed by atoms with Crippen molar-refractivity contribution in [2.45, 2.75) is 72.7 Å². The molecule has 0 aromatic heterocycles. The van der Waals surface area contributed by atoms with Gasteiger partial charge in [-0.2, -0.15) is 0 Å². The predicted molar refractivity (Wildman–Crippen MR) is 87.4 cm³/mol. The van der Waals surface area contributed by atoms with Crippen molar-refractivity contribution >= 4 is 12.6 Å². The first kappa shape index (κ1) is 16.4. The van der Waals surface area contributed by atoms with Crippen molar-refractivity contribution in [3.63, 3.8) is 0 Å². The number of hydrogen-bond acceptors (Lipinski definition) is 3. The minimum absolute atomic E-state index is 0.173. The standard InChI is InChI=1S/C17H27BO3/c1-11(2)19-14-9-12(3)15(13(4)10-14)18-20-16(5,6)17(7,8)21-18/h9-11H,1-8H3. The molecule has 1 aliphatic heterocycles. The normalized spacial score (nSPS) is 20.1. The fraction of sp³-hybridized carbons (Fsp3) is 0.647. The third-order valence-corrected chi connectivity index (χ3v) is 4.43. The van der Waals surface area contributed by atoms with Gasteiger partial charge in [-0.1, -0.05) is 0 Å². The van der Waals surface area contributed by atoms with Gasteiger partial charge in [0.05, 0.1) is 17.3 Å². The van der Waals surface area contributed by atoms with E-state index in [0.29, 0.717) is 0 Å². The molecule has 0 radical (unpaired) electrons. The average molecular weight is 290 g/mol. The van der Waals surface area contributed by atoms with Crippen LogP contribution in [-0.4, -0.2) is 24.4 Å². The summed E-state index contributed by atoms with van der Waals surface area (Å²) in [6, 6.07) is 4.13. The van der Waals surface area contributed by atoms with Gasteiger partial charge in [0.25, 0.3) is 0 Å². The summed E-state index contributed by atoms with van der Waals surface area (Å²) in [6.07, 6.45) is 0.173. The lowest BCUT2D eigenvalue weighted by Crippen LogP contribution is -2.41. The van der Waals surface area contributed by atoms with Gasteiger partial charge in [0.1, 0.15) is 5.75 Å². The Morgan fingerprint density at radius 3 is 1.76 bits per heavy atom. The molecule has 3 nitrogen and oxygen atoms in total. The maximum absolute atomic E-state index is 6.17. The Labute approximate surface area is 129 Å². The highest BCUT2D eigenvalue weighted by molar-refractivity contribution is 6.63. The van der Waals surface area contributed by atoms with E-state index in [1.54, 1.807) is 0 Å². The van der Waals surface area contributed by atoms with E-state index in [0.717, 1.165) is 22.3 Å². The monoisotopic (exact) mass is 290 g/mol. The highest BCUT2D eigenvalue weighted by Gasteiger charge is 2.52. The molecule has 0 N–H and O–H groups in total. The van der Waals surface area contributed by atoms with E-state index in [2.05, 4.69) is 53.7 Å². The molecule has 116 valence electrons. The zero-order chi connectivity index (χ0) is 16.0. The van der Waals surface area contributed by atoms with Crippen molar-refractivity contribution in [2.75, 3.05) is 0 Å². The minimum atomic E-state index is -0.317. The summed E-state index contributed by atoms with van der Waals surface area (Å²) in [5, 5.41) is 0. The molecule has 21 heavy (non-hydrogen) atoms. The van der Waals surface area contributed by atoms with Crippen molar-refractivity contribution in [2.24, 2.45) is 0 Å². The van der Waals surface area contributed by atoms with Gasteiger partial charge in [-0.15, -0.1) is 0 Å². The lowest BCUT2D eigenvalue weighted by Gasteiger charge is -2.32. The minimum Gasteiger partial charge on any atom is -0.491 e. The van der Waals surface area contributed by atoms with E-state index in [4.69, 9.17) is 14.0 Å². The summed E-state index contributed by atoms with van der Waals surface area (Å²) in [5.41, 5.74) is 2.77. The Balaban J connectivity index is 2.34. The molecule has 2 rings (SSSR count). The number of ether oxygens (including phenoxy) is 1. The third-order valence-electron chi connectivity index (χ3n) is 4.43. The number of hydrogen-bond donors (Lipinski definition) is 0. The summed E-state index contributed by atoms with van der Waals surface area (Å²) in [7, 11) is -0.317. The van der Waals surface area contributed by atoms with Gasteiger partial charge in [0.2, 0.25) is 0 Å². The molecule has 0 amide bonds. The maximum atomic E-state index is 6.17. The van der Waals surface area contributed by atoms with Gasteiger partial charge in [-0.25, -0.2) is 0 Å². The first-order valence-corrected chi connectivity index (χ1v) is 7.67. The Morgan fingerprint density at radius 1 is 0.952 bits per heavy atom. The van der Waals surface area contributed by atoms with E-state index >= 15 is 0 Å². The van der Waals surface area contributed by atoms with E-state index < -0.39 is 0 Å². The molecule has 1 fully saturated rings. The average Bonchev–Trinajstić information content (AvgIpc) is 2.44. The summed E-state index contributed by atoms with van der Waals surface area (Å²) >= 11 is 0. The first-order valence-electron chi connectivity index (χ1n) is 7.67. The van der Waals surface area contributed by atoms with Crippen LogP contribution in [0.15, 0.2) is 12.1 Å². The lowest BCUT2D eigenvalue weighted by atomic mass is 9.73. The quantitative estimate of drug-likeness (QED) is 0.799. The Bertz CT molecular complexity index is 496. The molecule has 0 unspecified atom stereocenters. The Kier molecular flexibility index (Phi) is 4.16. The number of aryl methyl sites for hydroxylation is 2. The van der Waals surface area contributed by atoms with Crippen LogP contribution in [0.3, 0.4) is 0 Å². The second kappa shape index (κ2) is 5.33. The summed E-state index contributed by atoms with van der Waals surface area (Å²) < 4.78 is 18.1. The Morgan fingerprint density at radius 2 is 1.38 bits per heavy atom. The molecule has 1 saturated heterocycles. The molecule has 0 aliphatic carbocycles. The van der Waals surface area contributed by atoms with Crippen LogP contribution in [0.2, 0.25) is 0 Å². The van der Waals surface area contributed by atoms with Crippen molar-refractivity contribution in [3.05, 3.63) is 23.3 Å². The number of benzene rings is 1. The molecule has 1 aromatic rings. The highest BCUT2D eigenvalue weighted by atomic mass is 16.7. The first-order chi connectivity index (χ1) is 9.53. The summed E-state index contributed by atoms with van der Waals surface area (Å²) in [5.74, 6) is 0.903. The fourth-order valence-corrected chi connectivity index (χ4v) is 2.61. The second-order valence-corrected chi connectivity index (χ2v) is 7.23. The molecule has 0 atom stereocenters. The van der Waals surface area contributed by atoms with E-state index in [1.807, 2.05) is 13.8 Å². The lowest BCUT2D eigenvalue weighted by molar-refractivity contribution is 0.00578. The Hall–Kier alpha value is -0.995. The highest BCUT2D eigenvalue weighted by Crippen LogP contribution is 2.37. The maximum Gasteiger partial charge on any atom is 0.495 e. The van der Waals surface area contributed by atoms with Gasteiger partial charge in [-0.3, -0.25) is 0 Å². The van der Waals surface area contributed by atoms with Crippen LogP contribution < -0.4 is 10.2 Å². The largest absolute Gasteiger partial charge is 0.495 e. The van der Waals surface area contributed by atoms with Gasteiger partial charge < -0.3 is 14.0 Å². The molecule has 0 saturated carbocycles. The molecular weight excluding hydrogens is 263 g/mol. The van der Waals surface area contributed by atoms with Crippen LogP contribution in [0.25, 0.3) is 0 Å². The van der Waals surface area contributed by atoms with Crippen molar-refractivity contribution in [3.8, 4) is 5.75 Å². The van der Waals surface area contributed by atoms with Crippen molar-refractivity contribution in [1.82, 2.24) is 0 Å². The molecule has 1 aromatic carbocycles. The predicted octanol–water partition coefficient (Wildman–Crippen LogP) is 3.39. The van der Waals surface area contributed by atoms with Gasteiger partial charge >= 0.3 is 7.12 Å². The van der Waals surface area contributed by atoms with Crippen LogP contribution in [-0.2, 0) is 9.31 Å². The topological polar surface area (TPSA) is 27.7 Å². The molecule has 1 aliphatic rings. The zero-order valence-corrected chi connectivity index (χ0v) is 14.5. The van der Waals surface area contributed by atoms with Crippen LogP contribution in [0.5, 0.6) is 5.75 Å². The van der Waals surface area contributed by atoms with Crippen LogP contribution >= 0.6 is 0 Å². The molecule has 4 heteroatoms. The van der Waals surface area contributed by atoms with Crippen LogP contribution in [0, 0.1) is 13.8 Å². The second-order valence-electron chi connectivity index (χ2n) is 7.23. The summed E-state index contributed by atoms with van der Waals surface area (Å²) in [6.45, 7) is 16.5. The molecular formula is C17H27BO3. The molecule has 1 heterocycles. The van der Waals surface area contributed by atoms with E-state index in [1.165, 1.54) is 0 Å². The van der Waals surface area contributed by atoms with Crippen LogP contribution in [0.1, 0.15) is 52.7 Å². The van der Waals surface area contributed by atoms with Crippen LogP contribution in [0.4, 0.5) is 0 Å². The SMILES string of the molecule is Cc1cc(OC(C)C)cc(C)c1B1OC(C)(C)C(C)(C)O1. The van der Waals surface area contributed by atoms with E-state index in [9.17, 15) is 0 Å². The zero-order valence-electron chi connectivity index (χ0n) is 14.5. The summed E-state index contributed by atoms with van der Waals surface area (Å²) in [4.78, 5) is 0.